The molecule has 11 heteroatoms. The first kappa shape index (κ1) is 20.8. The third kappa shape index (κ3) is 4.11. The summed E-state index contributed by atoms with van der Waals surface area (Å²) in [4.78, 5) is 51.1. The van der Waals surface area contributed by atoms with Crippen molar-refractivity contribution in [1.82, 2.24) is 20.2 Å². The summed E-state index contributed by atoms with van der Waals surface area (Å²) >= 11 is 3.36. The first-order valence-corrected chi connectivity index (χ1v) is 8.59. The molecule has 1 fully saturated rings. The summed E-state index contributed by atoms with van der Waals surface area (Å²) < 4.78 is 2.09. The van der Waals surface area contributed by atoms with Gasteiger partial charge in [0.2, 0.25) is 11.8 Å². The number of hydrogen-bond donors (Lipinski definition) is 3. The second-order valence-corrected chi connectivity index (χ2v) is 6.76. The van der Waals surface area contributed by atoms with Gasteiger partial charge in [-0.25, -0.2) is 4.98 Å². The number of aromatic nitrogens is 2. The van der Waals surface area contributed by atoms with Gasteiger partial charge in [-0.3, -0.25) is 24.5 Å². The number of imidazole rings is 1. The number of carbonyl (C=O) groups is 4. The fraction of sp³-hybridized carbons (Fsp3) is 0.312. The minimum atomic E-state index is -1.03. The monoisotopic (exact) mass is 458 g/mol. The van der Waals surface area contributed by atoms with Crippen LogP contribution < -0.4 is 10.6 Å². The van der Waals surface area contributed by atoms with E-state index in [9.17, 15) is 19.2 Å². The van der Waals surface area contributed by atoms with Gasteiger partial charge in [0.1, 0.15) is 23.9 Å². The molecule has 0 spiro atoms. The van der Waals surface area contributed by atoms with Crippen molar-refractivity contribution in [2.45, 2.75) is 32.4 Å². The largest absolute Gasteiger partial charge is 0.480 e. The summed E-state index contributed by atoms with van der Waals surface area (Å²) in [6, 6.07) is 2.37. The maximum absolute atomic E-state index is 12.7. The van der Waals surface area contributed by atoms with Crippen LogP contribution in [-0.4, -0.2) is 44.4 Å². The number of halogens is 2. The van der Waals surface area contributed by atoms with Crippen LogP contribution in [-0.2, 0) is 20.9 Å². The highest BCUT2D eigenvalue weighted by Gasteiger charge is 2.29. The minimum absolute atomic E-state index is 0. The van der Waals surface area contributed by atoms with Crippen LogP contribution in [0.4, 0.5) is 0 Å². The predicted molar refractivity (Wildman–Crippen MR) is 101 cm³/mol. The molecule has 144 valence electrons. The molecule has 2 aromatic rings. The molecule has 1 unspecified atom stereocenters. The maximum Gasteiger partial charge on any atom is 0.323 e. The minimum Gasteiger partial charge on any atom is -0.480 e. The molecule has 9 nitrogen and oxygen atoms in total. The van der Waals surface area contributed by atoms with Gasteiger partial charge in [0.15, 0.2) is 0 Å². The van der Waals surface area contributed by atoms with Gasteiger partial charge in [-0.1, -0.05) is 0 Å². The van der Waals surface area contributed by atoms with Crippen LogP contribution >= 0.6 is 28.3 Å². The highest BCUT2D eigenvalue weighted by molar-refractivity contribution is 9.10. The Morgan fingerprint density at radius 2 is 2.11 bits per heavy atom. The molecule has 1 aliphatic heterocycles. The van der Waals surface area contributed by atoms with Crippen molar-refractivity contribution in [1.29, 1.82) is 0 Å². The number of imide groups is 1. The molecule has 1 aromatic carbocycles. The number of amides is 3. The Labute approximate surface area is 168 Å². The Bertz CT molecular complexity index is 958. The summed E-state index contributed by atoms with van der Waals surface area (Å²) in [6.45, 7) is 1.36. The van der Waals surface area contributed by atoms with Crippen molar-refractivity contribution in [3.05, 3.63) is 28.0 Å². The smallest absolute Gasteiger partial charge is 0.323 e. The second kappa shape index (κ2) is 8.05. The van der Waals surface area contributed by atoms with E-state index < -0.39 is 23.8 Å². The molecule has 0 radical (unpaired) electrons. The molecular formula is C16H16BrClN4O5. The fourth-order valence-electron chi connectivity index (χ4n) is 2.89. The molecule has 0 aliphatic carbocycles. The van der Waals surface area contributed by atoms with E-state index in [1.807, 2.05) is 0 Å². The van der Waals surface area contributed by atoms with Crippen LogP contribution in [0.25, 0.3) is 11.0 Å². The van der Waals surface area contributed by atoms with Crippen LogP contribution in [0.2, 0.25) is 0 Å². The van der Waals surface area contributed by atoms with Crippen molar-refractivity contribution in [2.75, 3.05) is 0 Å². The number of nitrogens with one attached hydrogen (secondary N) is 2. The van der Waals surface area contributed by atoms with E-state index in [-0.39, 0.29) is 43.3 Å². The molecule has 3 amide bonds. The van der Waals surface area contributed by atoms with E-state index in [1.54, 1.807) is 19.1 Å². The van der Waals surface area contributed by atoms with Gasteiger partial charge in [-0.2, -0.15) is 0 Å². The summed E-state index contributed by atoms with van der Waals surface area (Å²) in [5.41, 5.74) is 1.05. The lowest BCUT2D eigenvalue weighted by atomic mass is 10.1. The molecule has 27 heavy (non-hydrogen) atoms. The van der Waals surface area contributed by atoms with Crippen molar-refractivity contribution >= 4 is 63.1 Å². The number of carboxylic acids is 1. The number of carbonyl (C=O) groups excluding carboxylic acids is 3. The Hall–Kier alpha value is -2.46. The van der Waals surface area contributed by atoms with Gasteiger partial charge < -0.3 is 15.0 Å². The van der Waals surface area contributed by atoms with Crippen LogP contribution in [0.1, 0.15) is 29.0 Å². The highest BCUT2D eigenvalue weighted by Crippen LogP contribution is 2.28. The standard InChI is InChI=1S/C16H15BrN4O5.ClH/c1-7-18-13-8(2-3-9(17)14(13)21(7)6-12(23)24)15(25)19-10-4-5-11(22)20-16(10)26;/h2-3,10H,4-6H2,1H3,(H,19,25)(H,23,24)(H,20,22,26);1H. The summed E-state index contributed by atoms with van der Waals surface area (Å²) in [6.07, 6.45) is 0.376. The normalized spacial score (nSPS) is 16.6. The molecule has 3 rings (SSSR count). The van der Waals surface area contributed by atoms with E-state index in [2.05, 4.69) is 31.5 Å². The Morgan fingerprint density at radius 1 is 1.41 bits per heavy atom. The van der Waals surface area contributed by atoms with E-state index in [0.717, 1.165) is 0 Å². The van der Waals surface area contributed by atoms with Crippen molar-refractivity contribution in [3.8, 4) is 0 Å². The zero-order valence-electron chi connectivity index (χ0n) is 14.1. The highest BCUT2D eigenvalue weighted by atomic mass is 79.9. The third-order valence-electron chi connectivity index (χ3n) is 4.12. The molecule has 1 atom stereocenters. The number of carboxylic acid groups (broad SMARTS) is 1. The quantitative estimate of drug-likeness (QED) is 0.588. The van der Waals surface area contributed by atoms with Gasteiger partial charge in [-0.15, -0.1) is 12.4 Å². The Morgan fingerprint density at radius 3 is 2.74 bits per heavy atom. The number of nitrogens with zero attached hydrogens (tertiary/aromatic N) is 2. The summed E-state index contributed by atoms with van der Waals surface area (Å²) in [5.74, 6) is -2.01. The Kier molecular flexibility index (Phi) is 6.22. The lowest BCUT2D eigenvalue weighted by Crippen LogP contribution is -2.52. The van der Waals surface area contributed by atoms with Crippen molar-refractivity contribution in [2.24, 2.45) is 0 Å². The topological polar surface area (TPSA) is 130 Å². The van der Waals surface area contributed by atoms with Gasteiger partial charge in [0, 0.05) is 10.9 Å². The predicted octanol–water partition coefficient (Wildman–Crippen LogP) is 1.15. The molecule has 1 saturated heterocycles. The van der Waals surface area contributed by atoms with Gasteiger partial charge in [0.25, 0.3) is 5.91 Å². The van der Waals surface area contributed by atoms with Gasteiger partial charge >= 0.3 is 5.97 Å². The van der Waals surface area contributed by atoms with E-state index in [1.165, 1.54) is 4.57 Å². The first-order valence-electron chi connectivity index (χ1n) is 7.79. The molecule has 2 heterocycles. The molecule has 3 N–H and O–H groups in total. The lowest BCUT2D eigenvalue weighted by molar-refractivity contribution is -0.138. The second-order valence-electron chi connectivity index (χ2n) is 5.91. The molecule has 0 saturated carbocycles. The Balaban J connectivity index is 0.00000261. The van der Waals surface area contributed by atoms with Crippen LogP contribution in [0.5, 0.6) is 0 Å². The SMILES string of the molecule is Cc1nc2c(C(=O)NC3CCC(=O)NC3=O)ccc(Br)c2n1CC(=O)O.Cl. The van der Waals surface area contributed by atoms with E-state index in [0.29, 0.717) is 21.3 Å². The zero-order chi connectivity index (χ0) is 19.0. The zero-order valence-corrected chi connectivity index (χ0v) is 16.5. The average Bonchev–Trinajstić information content (AvgIpc) is 2.87. The van der Waals surface area contributed by atoms with Gasteiger partial charge in [0.05, 0.1) is 11.1 Å². The number of aliphatic carboxylic acids is 1. The third-order valence-corrected chi connectivity index (χ3v) is 4.76. The van der Waals surface area contributed by atoms with Gasteiger partial charge in [-0.05, 0) is 41.4 Å². The number of rotatable bonds is 4. The van der Waals surface area contributed by atoms with E-state index in [4.69, 9.17) is 5.11 Å². The number of hydrogen-bond acceptors (Lipinski definition) is 5. The summed E-state index contributed by atoms with van der Waals surface area (Å²) in [7, 11) is 0. The molecule has 1 aliphatic rings. The average molecular weight is 460 g/mol. The summed E-state index contributed by atoms with van der Waals surface area (Å²) in [5, 5.41) is 13.9. The van der Waals surface area contributed by atoms with Crippen molar-refractivity contribution < 1.29 is 24.3 Å². The molecule has 1 aromatic heterocycles. The van der Waals surface area contributed by atoms with Crippen LogP contribution in [0, 0.1) is 6.92 Å². The number of fused-ring (bicyclic) bond motifs is 1. The first-order chi connectivity index (χ1) is 12.3. The maximum atomic E-state index is 12.7. The number of aryl methyl sites for hydroxylation is 1. The molecule has 0 bridgehead atoms. The number of benzene rings is 1. The van der Waals surface area contributed by atoms with Crippen LogP contribution in [0.15, 0.2) is 16.6 Å². The number of piperidine rings is 1. The molecular weight excluding hydrogens is 444 g/mol. The lowest BCUT2D eigenvalue weighted by Gasteiger charge is -2.21. The fourth-order valence-corrected chi connectivity index (χ4v) is 3.42. The van der Waals surface area contributed by atoms with Crippen molar-refractivity contribution in [3.63, 3.8) is 0 Å². The van der Waals surface area contributed by atoms with Crippen LogP contribution in [0.3, 0.4) is 0 Å². The van der Waals surface area contributed by atoms with E-state index >= 15 is 0 Å².